The van der Waals surface area contributed by atoms with E-state index in [0.29, 0.717) is 6.04 Å². The number of nitrogens with one attached hydrogen (secondary N) is 1. The zero-order chi connectivity index (χ0) is 18.6. The third-order valence-corrected chi connectivity index (χ3v) is 6.05. The van der Waals surface area contributed by atoms with E-state index in [1.165, 1.54) is 43.9 Å². The first-order chi connectivity index (χ1) is 13.3. The molecule has 1 aromatic carbocycles. The van der Waals surface area contributed by atoms with Gasteiger partial charge in [-0.2, -0.15) is 0 Å². The van der Waals surface area contributed by atoms with Crippen LogP contribution in [0.25, 0.3) is 5.57 Å². The van der Waals surface area contributed by atoms with Crippen molar-refractivity contribution in [3.05, 3.63) is 35.9 Å². The van der Waals surface area contributed by atoms with E-state index in [4.69, 9.17) is 4.74 Å². The molecule has 1 aromatic rings. The minimum absolute atomic E-state index is 0.608. The van der Waals surface area contributed by atoms with E-state index < -0.39 is 0 Å². The summed E-state index contributed by atoms with van der Waals surface area (Å²) in [7, 11) is 3.61. The summed E-state index contributed by atoms with van der Waals surface area (Å²) in [5.74, 6) is 1.94. The second-order valence-electron chi connectivity index (χ2n) is 7.58. The summed E-state index contributed by atoms with van der Waals surface area (Å²) in [4.78, 5) is 12.1. The molecule has 6 nitrogen and oxygen atoms in total. The molecule has 4 aliphatic heterocycles. The van der Waals surface area contributed by atoms with Crippen molar-refractivity contribution < 1.29 is 4.74 Å². The van der Waals surface area contributed by atoms with Gasteiger partial charge in [-0.3, -0.25) is 14.8 Å². The summed E-state index contributed by atoms with van der Waals surface area (Å²) >= 11 is 0. The van der Waals surface area contributed by atoms with Crippen molar-refractivity contribution in [2.75, 3.05) is 66.5 Å². The maximum absolute atomic E-state index is 5.36. The summed E-state index contributed by atoms with van der Waals surface area (Å²) < 4.78 is 5.36. The minimum atomic E-state index is 0.608. The number of methoxy groups -OCH3 is 1. The van der Waals surface area contributed by atoms with E-state index >= 15 is 0 Å². The Labute approximate surface area is 162 Å². The van der Waals surface area contributed by atoms with E-state index in [1.54, 1.807) is 7.11 Å². The van der Waals surface area contributed by atoms with Crippen LogP contribution in [-0.4, -0.2) is 93.2 Å². The van der Waals surface area contributed by atoms with Gasteiger partial charge in [0.2, 0.25) is 0 Å². The van der Waals surface area contributed by atoms with Crippen LogP contribution in [0.4, 0.5) is 0 Å². The molecule has 1 atom stereocenters. The zero-order valence-electron chi connectivity index (χ0n) is 16.5. The van der Waals surface area contributed by atoms with Crippen LogP contribution in [0, 0.1) is 0 Å². The summed E-state index contributed by atoms with van der Waals surface area (Å²) in [6.07, 6.45) is 3.35. The average molecular weight is 370 g/mol. The van der Waals surface area contributed by atoms with Crippen LogP contribution < -0.4 is 10.1 Å². The summed E-state index contributed by atoms with van der Waals surface area (Å²) in [6.45, 7) is 8.93. The van der Waals surface area contributed by atoms with Gasteiger partial charge in [0.05, 0.1) is 7.11 Å². The number of guanidine groups is 1. The van der Waals surface area contributed by atoms with Gasteiger partial charge < -0.3 is 15.0 Å². The Morgan fingerprint density at radius 1 is 1.22 bits per heavy atom. The first-order valence-corrected chi connectivity index (χ1v) is 10.0. The molecule has 4 heterocycles. The zero-order valence-corrected chi connectivity index (χ0v) is 16.5. The number of fused-ring (bicyclic) bond motifs is 3. The molecular weight excluding hydrogens is 338 g/mol. The number of benzene rings is 1. The Hall–Kier alpha value is -2.05. The molecular formula is C21H31N5O. The Morgan fingerprint density at radius 3 is 2.70 bits per heavy atom. The topological polar surface area (TPSA) is 43.3 Å². The SMILES string of the molecule is CN=C(NCC1CN2CCN1CC2)N1CC=C(c2cccc(OC)c2)CC1. The maximum Gasteiger partial charge on any atom is 0.193 e. The molecule has 0 radical (unpaired) electrons. The fraction of sp³-hybridized carbons (Fsp3) is 0.571. The molecule has 3 fully saturated rings. The molecule has 27 heavy (non-hydrogen) atoms. The molecule has 2 bridgehead atoms. The molecule has 1 N–H and O–H groups in total. The summed E-state index contributed by atoms with van der Waals surface area (Å²) in [6, 6.07) is 8.95. The van der Waals surface area contributed by atoms with E-state index in [9.17, 15) is 0 Å². The largest absolute Gasteiger partial charge is 0.497 e. The number of piperazine rings is 3. The number of rotatable bonds is 4. The molecule has 5 rings (SSSR count). The van der Waals surface area contributed by atoms with Gasteiger partial charge in [0.25, 0.3) is 0 Å². The highest BCUT2D eigenvalue weighted by atomic mass is 16.5. The highest BCUT2D eigenvalue weighted by Crippen LogP contribution is 2.25. The van der Waals surface area contributed by atoms with E-state index in [0.717, 1.165) is 37.8 Å². The Bertz CT molecular complexity index is 708. The lowest BCUT2D eigenvalue weighted by molar-refractivity contribution is 0.0152. The van der Waals surface area contributed by atoms with Crippen molar-refractivity contribution >= 4 is 11.5 Å². The van der Waals surface area contributed by atoms with Crippen LogP contribution in [0.15, 0.2) is 35.3 Å². The average Bonchev–Trinajstić information content (AvgIpc) is 2.75. The third kappa shape index (κ3) is 4.12. The van der Waals surface area contributed by atoms with E-state index in [2.05, 4.69) is 49.3 Å². The van der Waals surface area contributed by atoms with Crippen LogP contribution in [0.5, 0.6) is 5.75 Å². The maximum atomic E-state index is 5.36. The normalized spacial score (nSPS) is 28.1. The molecule has 0 spiro atoms. The quantitative estimate of drug-likeness (QED) is 0.641. The molecule has 0 aromatic heterocycles. The molecule has 4 aliphatic rings. The van der Waals surface area contributed by atoms with Crippen LogP contribution >= 0.6 is 0 Å². The second kappa shape index (κ2) is 8.31. The van der Waals surface area contributed by atoms with Gasteiger partial charge in [-0.05, 0) is 29.7 Å². The van der Waals surface area contributed by atoms with Crippen molar-refractivity contribution in [2.24, 2.45) is 4.99 Å². The van der Waals surface area contributed by atoms with Crippen LogP contribution in [-0.2, 0) is 0 Å². The highest BCUT2D eigenvalue weighted by Gasteiger charge is 2.31. The fourth-order valence-corrected chi connectivity index (χ4v) is 4.41. The van der Waals surface area contributed by atoms with Crippen LogP contribution in [0.1, 0.15) is 12.0 Å². The predicted octanol–water partition coefficient (Wildman–Crippen LogP) is 1.36. The smallest absolute Gasteiger partial charge is 0.193 e. The third-order valence-electron chi connectivity index (χ3n) is 6.05. The van der Waals surface area contributed by atoms with Gasteiger partial charge in [-0.1, -0.05) is 18.2 Å². The van der Waals surface area contributed by atoms with Crippen molar-refractivity contribution in [1.82, 2.24) is 20.0 Å². The first-order valence-electron chi connectivity index (χ1n) is 10.0. The van der Waals surface area contributed by atoms with Crippen molar-refractivity contribution in [1.29, 1.82) is 0 Å². The Balaban J connectivity index is 1.34. The lowest BCUT2D eigenvalue weighted by Crippen LogP contribution is -2.64. The number of ether oxygens (including phenoxy) is 1. The molecule has 6 heteroatoms. The summed E-state index contributed by atoms with van der Waals surface area (Å²) in [5.41, 5.74) is 2.65. The van der Waals surface area contributed by atoms with Crippen LogP contribution in [0.2, 0.25) is 0 Å². The Morgan fingerprint density at radius 2 is 2.07 bits per heavy atom. The number of aliphatic imine (C=N–C) groups is 1. The van der Waals surface area contributed by atoms with E-state index in [1.807, 2.05) is 13.1 Å². The van der Waals surface area contributed by atoms with Crippen molar-refractivity contribution in [3.63, 3.8) is 0 Å². The standard InChI is InChI=1S/C21H31N5O/c1-22-21(23-15-19-16-24-10-12-25(19)13-11-24)26-8-6-17(7-9-26)18-4-3-5-20(14-18)27-2/h3-6,14,19H,7-13,15-16H2,1-2H3,(H,22,23). The van der Waals surface area contributed by atoms with Gasteiger partial charge in [-0.15, -0.1) is 0 Å². The lowest BCUT2D eigenvalue weighted by atomic mass is 9.99. The molecule has 0 aliphatic carbocycles. The van der Waals surface area contributed by atoms with E-state index in [-0.39, 0.29) is 0 Å². The summed E-state index contributed by atoms with van der Waals surface area (Å²) in [5, 5.41) is 3.62. The lowest BCUT2D eigenvalue weighted by Gasteiger charge is -2.47. The minimum Gasteiger partial charge on any atom is -0.497 e. The molecule has 3 saturated heterocycles. The molecule has 1 unspecified atom stereocenters. The van der Waals surface area contributed by atoms with Crippen molar-refractivity contribution in [2.45, 2.75) is 12.5 Å². The van der Waals surface area contributed by atoms with Crippen molar-refractivity contribution in [3.8, 4) is 5.75 Å². The van der Waals surface area contributed by atoms with Gasteiger partial charge >= 0.3 is 0 Å². The number of nitrogens with zero attached hydrogens (tertiary/aromatic N) is 4. The molecule has 0 amide bonds. The molecule has 0 saturated carbocycles. The second-order valence-corrected chi connectivity index (χ2v) is 7.58. The predicted molar refractivity (Wildman–Crippen MR) is 110 cm³/mol. The molecule has 146 valence electrons. The number of hydrogen-bond acceptors (Lipinski definition) is 4. The Kier molecular flexibility index (Phi) is 5.64. The highest BCUT2D eigenvalue weighted by molar-refractivity contribution is 5.81. The van der Waals surface area contributed by atoms with Gasteiger partial charge in [0, 0.05) is 65.4 Å². The first kappa shape index (κ1) is 18.3. The fourth-order valence-electron chi connectivity index (χ4n) is 4.41. The monoisotopic (exact) mass is 369 g/mol. The van der Waals surface area contributed by atoms with Gasteiger partial charge in [-0.25, -0.2) is 0 Å². The van der Waals surface area contributed by atoms with Crippen LogP contribution in [0.3, 0.4) is 0 Å². The number of hydrogen-bond donors (Lipinski definition) is 1. The van der Waals surface area contributed by atoms with Gasteiger partial charge in [0.15, 0.2) is 5.96 Å². The van der Waals surface area contributed by atoms with Gasteiger partial charge in [0.1, 0.15) is 5.75 Å².